The Labute approximate surface area is 144 Å². The summed E-state index contributed by atoms with van der Waals surface area (Å²) in [5.41, 5.74) is 2.76. The largest absolute Gasteiger partial charge is 0.354 e. The van der Waals surface area contributed by atoms with Gasteiger partial charge in [0.1, 0.15) is 0 Å². The fourth-order valence-corrected chi connectivity index (χ4v) is 2.63. The minimum Gasteiger partial charge on any atom is -0.354 e. The van der Waals surface area contributed by atoms with Crippen molar-refractivity contribution < 1.29 is 4.79 Å². The predicted octanol–water partition coefficient (Wildman–Crippen LogP) is 5.97. The van der Waals surface area contributed by atoms with Gasteiger partial charge in [0, 0.05) is 16.8 Å². The van der Waals surface area contributed by atoms with Gasteiger partial charge < -0.3 is 5.32 Å². The molecular weight excluding hydrogens is 329 g/mol. The Balaban J connectivity index is 1.81. The van der Waals surface area contributed by atoms with E-state index in [1.54, 1.807) is 36.4 Å². The molecule has 0 unspecified atom stereocenters. The van der Waals surface area contributed by atoms with Crippen molar-refractivity contribution in [3.8, 4) is 0 Å². The van der Waals surface area contributed by atoms with Crippen molar-refractivity contribution in [2.75, 3.05) is 5.32 Å². The number of carbonyl (C=O) groups is 1. The minimum atomic E-state index is -0.0973. The van der Waals surface area contributed by atoms with E-state index in [0.717, 1.165) is 11.4 Å². The van der Waals surface area contributed by atoms with Crippen molar-refractivity contribution in [3.05, 3.63) is 94.0 Å². The van der Waals surface area contributed by atoms with Gasteiger partial charge in [-0.3, -0.25) is 4.79 Å². The monoisotopic (exact) mass is 341 g/mol. The van der Waals surface area contributed by atoms with Crippen LogP contribution in [0.3, 0.4) is 0 Å². The van der Waals surface area contributed by atoms with E-state index in [-0.39, 0.29) is 5.78 Å². The molecule has 3 aromatic carbocycles. The van der Waals surface area contributed by atoms with E-state index in [2.05, 4.69) is 5.32 Å². The number of carbonyl (C=O) groups excluding carboxylic acids is 1. The molecule has 0 amide bonds. The van der Waals surface area contributed by atoms with Gasteiger partial charge in [0.05, 0.1) is 15.7 Å². The maximum Gasteiger partial charge on any atom is 0.194 e. The summed E-state index contributed by atoms with van der Waals surface area (Å²) in [6.45, 7) is 0. The molecule has 0 saturated heterocycles. The average molecular weight is 342 g/mol. The molecular formula is C19H13Cl2NO. The highest BCUT2D eigenvalue weighted by Gasteiger charge is 2.12. The van der Waals surface area contributed by atoms with E-state index >= 15 is 0 Å². The fourth-order valence-electron chi connectivity index (χ4n) is 2.22. The number of rotatable bonds is 4. The molecule has 0 aromatic heterocycles. The van der Waals surface area contributed by atoms with Gasteiger partial charge in [-0.1, -0.05) is 47.5 Å². The Morgan fingerprint density at radius 1 is 0.739 bits per heavy atom. The van der Waals surface area contributed by atoms with E-state index in [1.165, 1.54) is 0 Å². The lowest BCUT2D eigenvalue weighted by Crippen LogP contribution is -2.02. The summed E-state index contributed by atoms with van der Waals surface area (Å²) in [5, 5.41) is 4.32. The first-order valence-electron chi connectivity index (χ1n) is 7.06. The fraction of sp³-hybridized carbons (Fsp3) is 0. The summed E-state index contributed by atoms with van der Waals surface area (Å²) in [4.78, 5) is 12.5. The summed E-state index contributed by atoms with van der Waals surface area (Å²) in [6.07, 6.45) is 0. The van der Waals surface area contributed by atoms with E-state index in [0.29, 0.717) is 21.2 Å². The van der Waals surface area contributed by atoms with Crippen LogP contribution in [0.25, 0.3) is 0 Å². The molecule has 0 aliphatic rings. The van der Waals surface area contributed by atoms with Crippen LogP contribution in [0, 0.1) is 0 Å². The van der Waals surface area contributed by atoms with Crippen LogP contribution in [0.5, 0.6) is 0 Å². The number of para-hydroxylation sites is 1. The van der Waals surface area contributed by atoms with Crippen LogP contribution < -0.4 is 5.32 Å². The second-order valence-electron chi connectivity index (χ2n) is 4.99. The van der Waals surface area contributed by atoms with Gasteiger partial charge in [-0.2, -0.15) is 0 Å². The zero-order valence-corrected chi connectivity index (χ0v) is 13.6. The minimum absolute atomic E-state index is 0.0973. The van der Waals surface area contributed by atoms with E-state index < -0.39 is 0 Å². The molecule has 0 aliphatic heterocycles. The van der Waals surface area contributed by atoms with Crippen molar-refractivity contribution in [1.82, 2.24) is 0 Å². The third-order valence-electron chi connectivity index (χ3n) is 3.42. The molecule has 2 nitrogen and oxygen atoms in total. The molecule has 0 atom stereocenters. The zero-order valence-electron chi connectivity index (χ0n) is 12.1. The quantitative estimate of drug-likeness (QED) is 0.592. The van der Waals surface area contributed by atoms with Crippen molar-refractivity contribution >= 4 is 40.4 Å². The normalized spacial score (nSPS) is 10.3. The SMILES string of the molecule is O=C(c1ccc(Nc2ccccc2Cl)cc1)c1ccccc1Cl. The first kappa shape index (κ1) is 15.6. The molecule has 0 radical (unpaired) electrons. The average Bonchev–Trinajstić information content (AvgIpc) is 2.57. The Hall–Kier alpha value is -2.29. The van der Waals surface area contributed by atoms with E-state index in [4.69, 9.17) is 23.2 Å². The van der Waals surface area contributed by atoms with E-state index in [1.807, 2.05) is 36.4 Å². The van der Waals surface area contributed by atoms with E-state index in [9.17, 15) is 4.79 Å². The maximum atomic E-state index is 12.5. The topological polar surface area (TPSA) is 29.1 Å². The number of halogens is 2. The second-order valence-corrected chi connectivity index (χ2v) is 5.81. The highest BCUT2D eigenvalue weighted by atomic mass is 35.5. The zero-order chi connectivity index (χ0) is 16.2. The summed E-state index contributed by atoms with van der Waals surface area (Å²) in [5.74, 6) is -0.0973. The van der Waals surface area contributed by atoms with Crippen molar-refractivity contribution in [2.45, 2.75) is 0 Å². The third-order valence-corrected chi connectivity index (χ3v) is 4.08. The molecule has 0 aliphatic carbocycles. The molecule has 4 heteroatoms. The molecule has 3 aromatic rings. The van der Waals surface area contributed by atoms with Gasteiger partial charge in [0.15, 0.2) is 5.78 Å². The van der Waals surface area contributed by atoms with Gasteiger partial charge in [0.2, 0.25) is 0 Å². The lowest BCUT2D eigenvalue weighted by atomic mass is 10.0. The van der Waals surface area contributed by atoms with Crippen LogP contribution in [0.1, 0.15) is 15.9 Å². The lowest BCUT2D eigenvalue weighted by Gasteiger charge is -2.09. The van der Waals surface area contributed by atoms with Crippen molar-refractivity contribution in [1.29, 1.82) is 0 Å². The molecule has 0 saturated carbocycles. The second kappa shape index (κ2) is 6.86. The predicted molar refractivity (Wildman–Crippen MR) is 96.1 cm³/mol. The Bertz CT molecular complexity index is 844. The lowest BCUT2D eigenvalue weighted by molar-refractivity contribution is 0.103. The number of ketones is 1. The van der Waals surface area contributed by atoms with Gasteiger partial charge in [-0.15, -0.1) is 0 Å². The molecule has 0 heterocycles. The third kappa shape index (κ3) is 3.55. The maximum absolute atomic E-state index is 12.5. The molecule has 1 N–H and O–H groups in total. The first-order valence-corrected chi connectivity index (χ1v) is 7.81. The smallest absolute Gasteiger partial charge is 0.194 e. The first-order chi connectivity index (χ1) is 11.1. The van der Waals surface area contributed by atoms with Gasteiger partial charge in [0.25, 0.3) is 0 Å². The van der Waals surface area contributed by atoms with Crippen molar-refractivity contribution in [3.63, 3.8) is 0 Å². The van der Waals surface area contributed by atoms with Crippen LogP contribution in [-0.4, -0.2) is 5.78 Å². The van der Waals surface area contributed by atoms with Crippen molar-refractivity contribution in [2.24, 2.45) is 0 Å². The van der Waals surface area contributed by atoms with Gasteiger partial charge >= 0.3 is 0 Å². The van der Waals surface area contributed by atoms with Gasteiger partial charge in [-0.05, 0) is 48.5 Å². The molecule has 114 valence electrons. The standard InChI is InChI=1S/C19H13Cl2NO/c20-16-6-2-1-5-15(16)19(23)13-9-11-14(12-10-13)22-18-8-4-3-7-17(18)21/h1-12,22H. The van der Waals surface area contributed by atoms with Crippen LogP contribution in [0.2, 0.25) is 10.0 Å². The summed E-state index contributed by atoms with van der Waals surface area (Å²) in [7, 11) is 0. The number of benzene rings is 3. The Morgan fingerprint density at radius 3 is 2.00 bits per heavy atom. The Morgan fingerprint density at radius 2 is 1.35 bits per heavy atom. The number of anilines is 2. The van der Waals surface area contributed by atoms with Crippen LogP contribution in [-0.2, 0) is 0 Å². The number of hydrogen-bond acceptors (Lipinski definition) is 2. The molecule has 0 fully saturated rings. The molecule has 0 spiro atoms. The molecule has 0 bridgehead atoms. The number of nitrogens with one attached hydrogen (secondary N) is 1. The van der Waals surface area contributed by atoms with Crippen LogP contribution in [0.4, 0.5) is 11.4 Å². The molecule has 3 rings (SSSR count). The highest BCUT2D eigenvalue weighted by molar-refractivity contribution is 6.35. The number of hydrogen-bond donors (Lipinski definition) is 1. The molecule has 23 heavy (non-hydrogen) atoms. The van der Waals surface area contributed by atoms with Gasteiger partial charge in [-0.25, -0.2) is 0 Å². The van der Waals surface area contributed by atoms with Crippen LogP contribution in [0.15, 0.2) is 72.8 Å². The summed E-state index contributed by atoms with van der Waals surface area (Å²) >= 11 is 12.2. The highest BCUT2D eigenvalue weighted by Crippen LogP contribution is 2.25. The Kier molecular flexibility index (Phi) is 4.65. The van der Waals surface area contributed by atoms with Crippen LogP contribution >= 0.6 is 23.2 Å². The summed E-state index contributed by atoms with van der Waals surface area (Å²) < 4.78 is 0. The summed E-state index contributed by atoms with van der Waals surface area (Å²) in [6, 6.07) is 21.7.